The summed E-state index contributed by atoms with van der Waals surface area (Å²) in [5.74, 6) is 3.69. The third-order valence-corrected chi connectivity index (χ3v) is 2.72. The van der Waals surface area contributed by atoms with E-state index in [1.807, 2.05) is 0 Å². The van der Waals surface area contributed by atoms with Crippen LogP contribution in [0.15, 0.2) is 0 Å². The molecule has 0 bridgehead atoms. The molecule has 1 unspecified atom stereocenters. The van der Waals surface area contributed by atoms with E-state index in [0.717, 1.165) is 6.42 Å². The smallest absolute Gasteiger partial charge is 0.289 e. The fourth-order valence-corrected chi connectivity index (χ4v) is 0.915. The molecule has 1 nitrogen and oxygen atoms in total. The van der Waals surface area contributed by atoms with E-state index >= 15 is 0 Å². The van der Waals surface area contributed by atoms with Crippen molar-refractivity contribution >= 4 is 9.04 Å². The topological polar surface area (TPSA) is 9.23 Å². The zero-order valence-corrected chi connectivity index (χ0v) is 10.7. The molecule has 0 N–H and O–H groups in total. The zero-order valence-electron chi connectivity index (χ0n) is 9.69. The summed E-state index contributed by atoms with van der Waals surface area (Å²) in [6, 6.07) is 0. The Labute approximate surface area is 84.6 Å². The lowest BCUT2D eigenvalue weighted by Gasteiger charge is -2.25. The summed E-state index contributed by atoms with van der Waals surface area (Å²) in [7, 11) is -0.641. The van der Waals surface area contributed by atoms with Gasteiger partial charge in [-0.05, 0) is 24.4 Å². The molecule has 1 atom stereocenters. The zero-order chi connectivity index (χ0) is 10.5. The molecule has 75 valence electrons. The molecule has 0 aromatic rings. The van der Waals surface area contributed by atoms with Gasteiger partial charge in [-0.1, -0.05) is 33.6 Å². The molecule has 0 saturated heterocycles. The van der Waals surface area contributed by atoms with Gasteiger partial charge in [0.2, 0.25) is 0 Å². The van der Waals surface area contributed by atoms with Crippen molar-refractivity contribution in [1.82, 2.24) is 0 Å². The van der Waals surface area contributed by atoms with Gasteiger partial charge in [-0.3, -0.25) is 0 Å². The summed E-state index contributed by atoms with van der Waals surface area (Å²) >= 11 is 0. The highest BCUT2D eigenvalue weighted by Gasteiger charge is 2.18. The lowest BCUT2D eigenvalue weighted by Crippen LogP contribution is -2.16. The molecule has 0 aliphatic rings. The van der Waals surface area contributed by atoms with Crippen LogP contribution in [0.4, 0.5) is 0 Å². The van der Waals surface area contributed by atoms with Gasteiger partial charge in [-0.25, -0.2) is 0 Å². The van der Waals surface area contributed by atoms with E-state index in [2.05, 4.69) is 52.8 Å². The average molecular weight is 197 g/mol. The van der Waals surface area contributed by atoms with E-state index in [1.165, 1.54) is 0 Å². The quantitative estimate of drug-likeness (QED) is 0.487. The molecule has 13 heavy (non-hydrogen) atoms. The van der Waals surface area contributed by atoms with Crippen molar-refractivity contribution in [1.29, 1.82) is 0 Å². The van der Waals surface area contributed by atoms with E-state index in [1.54, 1.807) is 0 Å². The van der Waals surface area contributed by atoms with Crippen LogP contribution in [0.25, 0.3) is 0 Å². The van der Waals surface area contributed by atoms with E-state index in [0.29, 0.717) is 11.3 Å². The molecule has 0 rings (SSSR count). The van der Waals surface area contributed by atoms with Gasteiger partial charge in [0, 0.05) is 6.42 Å². The molecule has 0 spiro atoms. The van der Waals surface area contributed by atoms with Gasteiger partial charge < -0.3 is 4.43 Å². The summed E-state index contributed by atoms with van der Waals surface area (Å²) in [5.41, 5.74) is 0.348. The number of rotatable bonds is 2. The molecule has 0 heterocycles. The molecule has 0 fully saturated rings. The van der Waals surface area contributed by atoms with E-state index in [-0.39, 0.29) is 0 Å². The molecule has 0 aromatic heterocycles. The Kier molecular flexibility index (Phi) is 5.16. The molecular weight excluding hydrogens is 176 g/mol. The summed E-state index contributed by atoms with van der Waals surface area (Å²) < 4.78 is 5.25. The van der Waals surface area contributed by atoms with Crippen molar-refractivity contribution in [2.75, 3.05) is 0 Å². The second kappa shape index (κ2) is 5.34. The fourth-order valence-electron chi connectivity index (χ4n) is 0.639. The summed E-state index contributed by atoms with van der Waals surface area (Å²) in [6.07, 6.45) is 3.71. The minimum atomic E-state index is -0.641. The van der Waals surface area contributed by atoms with E-state index < -0.39 is 9.04 Å². The Morgan fingerprint density at radius 1 is 1.31 bits per heavy atom. The van der Waals surface area contributed by atoms with Crippen LogP contribution in [0.1, 0.15) is 34.1 Å². The number of hydrogen-bond acceptors (Lipinski definition) is 1. The van der Waals surface area contributed by atoms with Crippen LogP contribution in [0, 0.1) is 23.4 Å². The molecule has 0 aliphatic heterocycles. The van der Waals surface area contributed by atoms with Crippen molar-refractivity contribution in [3.05, 3.63) is 0 Å². The molecule has 0 aliphatic carbocycles. The summed E-state index contributed by atoms with van der Waals surface area (Å²) in [5, 5.41) is 0. The average Bonchev–Trinajstić information content (AvgIpc) is 1.95. The highest BCUT2D eigenvalue weighted by Crippen LogP contribution is 2.27. The van der Waals surface area contributed by atoms with Crippen LogP contribution in [-0.4, -0.2) is 9.04 Å². The van der Waals surface area contributed by atoms with Crippen molar-refractivity contribution in [2.45, 2.75) is 47.2 Å². The SMILES string of the molecule is CC(CC#CO[Si](C)C)C(C)(C)C. The van der Waals surface area contributed by atoms with Gasteiger partial charge in [0.25, 0.3) is 9.04 Å². The Bertz CT molecular complexity index is 192. The molecular formula is C11H21OSi. The first-order chi connectivity index (χ1) is 5.84. The van der Waals surface area contributed by atoms with Gasteiger partial charge in [0.05, 0.1) is 6.11 Å². The lowest BCUT2D eigenvalue weighted by molar-refractivity contribution is 0.266. The molecule has 0 saturated carbocycles. The normalized spacial score (nSPS) is 13.5. The Morgan fingerprint density at radius 3 is 2.23 bits per heavy atom. The third kappa shape index (κ3) is 6.71. The van der Waals surface area contributed by atoms with E-state index in [9.17, 15) is 0 Å². The van der Waals surface area contributed by atoms with Crippen LogP contribution in [0.3, 0.4) is 0 Å². The van der Waals surface area contributed by atoms with Crippen LogP contribution < -0.4 is 0 Å². The molecule has 1 radical (unpaired) electrons. The van der Waals surface area contributed by atoms with Gasteiger partial charge >= 0.3 is 0 Å². The fraction of sp³-hybridized carbons (Fsp3) is 0.818. The molecule has 0 amide bonds. The largest absolute Gasteiger partial charge is 0.500 e. The van der Waals surface area contributed by atoms with Crippen molar-refractivity contribution in [3.8, 4) is 12.0 Å². The monoisotopic (exact) mass is 197 g/mol. The minimum Gasteiger partial charge on any atom is -0.500 e. The van der Waals surface area contributed by atoms with Crippen LogP contribution in [0.2, 0.25) is 13.1 Å². The predicted molar refractivity (Wildman–Crippen MR) is 59.6 cm³/mol. The van der Waals surface area contributed by atoms with Gasteiger partial charge in [-0.15, -0.1) is 0 Å². The summed E-state index contributed by atoms with van der Waals surface area (Å²) in [4.78, 5) is 0. The lowest BCUT2D eigenvalue weighted by atomic mass is 9.80. The highest BCUT2D eigenvalue weighted by atomic mass is 28.3. The van der Waals surface area contributed by atoms with Crippen molar-refractivity contribution in [2.24, 2.45) is 11.3 Å². The highest BCUT2D eigenvalue weighted by molar-refractivity contribution is 6.48. The first-order valence-corrected chi connectivity index (χ1v) is 7.19. The van der Waals surface area contributed by atoms with Gasteiger partial charge in [0.1, 0.15) is 0 Å². The third-order valence-electron chi connectivity index (χ3n) is 2.21. The van der Waals surface area contributed by atoms with E-state index in [4.69, 9.17) is 4.43 Å². The van der Waals surface area contributed by atoms with Crippen molar-refractivity contribution in [3.63, 3.8) is 0 Å². The predicted octanol–water partition coefficient (Wildman–Crippen LogP) is 3.29. The first-order valence-electron chi connectivity index (χ1n) is 4.79. The van der Waals surface area contributed by atoms with Crippen molar-refractivity contribution < 1.29 is 4.43 Å². The maximum absolute atomic E-state index is 5.25. The first kappa shape index (κ1) is 12.6. The maximum Gasteiger partial charge on any atom is 0.289 e. The Morgan fingerprint density at radius 2 is 1.85 bits per heavy atom. The Balaban J connectivity index is 3.80. The minimum absolute atomic E-state index is 0.348. The molecule has 2 heteroatoms. The van der Waals surface area contributed by atoms with Crippen LogP contribution >= 0.6 is 0 Å². The maximum atomic E-state index is 5.25. The van der Waals surface area contributed by atoms with Gasteiger partial charge in [-0.2, -0.15) is 0 Å². The Hall–Kier alpha value is -0.423. The van der Waals surface area contributed by atoms with Gasteiger partial charge in [0.15, 0.2) is 0 Å². The second-order valence-electron chi connectivity index (χ2n) is 4.76. The van der Waals surface area contributed by atoms with Crippen LogP contribution in [0.5, 0.6) is 0 Å². The standard InChI is InChI=1S/C11H21OSi/c1-10(11(2,3)4)8-7-9-12-13(5)6/h10H,8H2,1-6H3. The molecule has 0 aromatic carbocycles. The summed E-state index contributed by atoms with van der Waals surface area (Å²) in [6.45, 7) is 13.1. The number of hydrogen-bond donors (Lipinski definition) is 0. The van der Waals surface area contributed by atoms with Crippen LogP contribution in [-0.2, 0) is 4.43 Å². The second-order valence-corrected chi connectivity index (χ2v) is 6.78.